The molecule has 0 unspecified atom stereocenters. The van der Waals surface area contributed by atoms with Crippen LogP contribution in [0.5, 0.6) is 11.5 Å². The molecule has 6 nitrogen and oxygen atoms in total. The van der Waals surface area contributed by atoms with Crippen molar-refractivity contribution in [2.75, 3.05) is 26.5 Å². The summed E-state index contributed by atoms with van der Waals surface area (Å²) in [5.41, 5.74) is 0.727. The van der Waals surface area contributed by atoms with Crippen LogP contribution >= 0.6 is 0 Å². The van der Waals surface area contributed by atoms with Gasteiger partial charge in [0.15, 0.2) is 11.5 Å². The molecule has 2 bridgehead atoms. The van der Waals surface area contributed by atoms with E-state index in [0.29, 0.717) is 25.3 Å². The number of fused-ring (bicyclic) bond motifs is 2. The summed E-state index contributed by atoms with van der Waals surface area (Å²) in [6.45, 7) is 1.75. The lowest BCUT2D eigenvalue weighted by atomic mass is 9.74. The van der Waals surface area contributed by atoms with Crippen LogP contribution in [0.15, 0.2) is 18.2 Å². The van der Waals surface area contributed by atoms with Crippen LogP contribution in [-0.4, -0.2) is 54.1 Å². The van der Waals surface area contributed by atoms with Gasteiger partial charge in [-0.05, 0) is 30.5 Å². The maximum Gasteiger partial charge on any atom is 0.231 e. The lowest BCUT2D eigenvalue weighted by Gasteiger charge is -2.27. The van der Waals surface area contributed by atoms with E-state index in [1.54, 1.807) is 0 Å². The molecular weight excluding hydrogens is 310 g/mol. The van der Waals surface area contributed by atoms with Gasteiger partial charge in [-0.25, -0.2) is 0 Å². The largest absolute Gasteiger partial charge is 0.454 e. The van der Waals surface area contributed by atoms with Crippen molar-refractivity contribution in [3.8, 4) is 11.5 Å². The molecule has 3 saturated heterocycles. The van der Waals surface area contributed by atoms with Gasteiger partial charge in [-0.15, -0.1) is 0 Å². The number of hydrogen-bond donors (Lipinski definition) is 1. The number of hydrogen-bond acceptors (Lipinski definition) is 5. The summed E-state index contributed by atoms with van der Waals surface area (Å²) in [5, 5.41) is 9.67. The van der Waals surface area contributed by atoms with Crippen molar-refractivity contribution in [2.45, 2.75) is 31.0 Å². The van der Waals surface area contributed by atoms with Crippen molar-refractivity contribution in [2.24, 2.45) is 11.8 Å². The SMILES string of the molecule is O=C(Cc1ccc2c(c1)OCO2)N1C[C@H]2[C@@H](CO)[C@@H]3CC[C@@]2(C1)O3. The zero-order chi connectivity index (χ0) is 16.3. The van der Waals surface area contributed by atoms with E-state index < -0.39 is 0 Å². The summed E-state index contributed by atoms with van der Waals surface area (Å²) < 4.78 is 16.9. The predicted molar refractivity (Wildman–Crippen MR) is 83.8 cm³/mol. The molecule has 3 fully saturated rings. The number of amides is 1. The molecule has 4 atom stereocenters. The van der Waals surface area contributed by atoms with Crippen LogP contribution in [0.2, 0.25) is 0 Å². The fourth-order valence-electron chi connectivity index (χ4n) is 4.96. The van der Waals surface area contributed by atoms with Gasteiger partial charge < -0.3 is 24.2 Å². The third-order valence-electron chi connectivity index (χ3n) is 6.14. The van der Waals surface area contributed by atoms with Gasteiger partial charge >= 0.3 is 0 Å². The van der Waals surface area contributed by atoms with Crippen molar-refractivity contribution in [1.82, 2.24) is 4.90 Å². The van der Waals surface area contributed by atoms with Crippen LogP contribution in [0.1, 0.15) is 18.4 Å². The second-order valence-electron chi connectivity index (χ2n) is 7.35. The molecule has 1 aromatic rings. The number of benzene rings is 1. The monoisotopic (exact) mass is 331 g/mol. The van der Waals surface area contributed by atoms with Crippen LogP contribution < -0.4 is 9.47 Å². The Morgan fingerprint density at radius 1 is 1.33 bits per heavy atom. The summed E-state index contributed by atoms with van der Waals surface area (Å²) in [6.07, 6.45) is 2.55. The Labute approximate surface area is 140 Å². The van der Waals surface area contributed by atoms with Gasteiger partial charge in [0.2, 0.25) is 12.7 Å². The molecule has 1 spiro atoms. The summed E-state index contributed by atoms with van der Waals surface area (Å²) in [6, 6.07) is 5.65. The average Bonchev–Trinajstić information content (AvgIpc) is 3.32. The van der Waals surface area contributed by atoms with Crippen molar-refractivity contribution >= 4 is 5.91 Å². The maximum absolute atomic E-state index is 12.7. The molecule has 24 heavy (non-hydrogen) atoms. The van der Waals surface area contributed by atoms with E-state index in [2.05, 4.69) is 0 Å². The number of rotatable bonds is 3. The highest BCUT2D eigenvalue weighted by Gasteiger charge is 2.63. The Morgan fingerprint density at radius 2 is 2.21 bits per heavy atom. The van der Waals surface area contributed by atoms with E-state index in [-0.39, 0.29) is 42.8 Å². The maximum atomic E-state index is 12.7. The normalized spacial score (nSPS) is 35.5. The van der Waals surface area contributed by atoms with E-state index in [1.807, 2.05) is 23.1 Å². The molecule has 0 radical (unpaired) electrons. The molecule has 1 aromatic carbocycles. The second-order valence-corrected chi connectivity index (χ2v) is 7.35. The first kappa shape index (κ1) is 14.5. The topological polar surface area (TPSA) is 68.2 Å². The van der Waals surface area contributed by atoms with E-state index in [0.717, 1.165) is 24.2 Å². The van der Waals surface area contributed by atoms with Crippen LogP contribution in [0.4, 0.5) is 0 Å². The number of carbonyl (C=O) groups excluding carboxylic acids is 1. The molecule has 0 saturated carbocycles. The minimum Gasteiger partial charge on any atom is -0.454 e. The van der Waals surface area contributed by atoms with Gasteiger partial charge in [0.25, 0.3) is 0 Å². The van der Waals surface area contributed by atoms with E-state index in [4.69, 9.17) is 14.2 Å². The smallest absolute Gasteiger partial charge is 0.231 e. The number of likely N-dealkylation sites (tertiary alicyclic amines) is 1. The highest BCUT2D eigenvalue weighted by atomic mass is 16.7. The van der Waals surface area contributed by atoms with Crippen molar-refractivity contribution < 1.29 is 24.1 Å². The van der Waals surface area contributed by atoms with Crippen LogP contribution in [-0.2, 0) is 16.0 Å². The zero-order valence-corrected chi connectivity index (χ0v) is 13.4. The first-order chi connectivity index (χ1) is 11.7. The summed E-state index contributed by atoms with van der Waals surface area (Å²) >= 11 is 0. The molecule has 4 aliphatic heterocycles. The highest BCUT2D eigenvalue weighted by Crippen LogP contribution is 2.54. The molecule has 0 aromatic heterocycles. The fraction of sp³-hybridized carbons (Fsp3) is 0.611. The molecule has 4 aliphatic rings. The lowest BCUT2D eigenvalue weighted by molar-refractivity contribution is -0.131. The first-order valence-corrected chi connectivity index (χ1v) is 8.63. The van der Waals surface area contributed by atoms with Gasteiger partial charge in [-0.2, -0.15) is 0 Å². The Balaban J connectivity index is 1.31. The molecule has 128 valence electrons. The van der Waals surface area contributed by atoms with E-state index >= 15 is 0 Å². The molecule has 0 aliphatic carbocycles. The second kappa shape index (κ2) is 5.10. The van der Waals surface area contributed by atoms with E-state index in [9.17, 15) is 9.90 Å². The molecule has 5 rings (SSSR count). The Morgan fingerprint density at radius 3 is 3.08 bits per heavy atom. The molecule has 1 amide bonds. The van der Waals surface area contributed by atoms with E-state index in [1.165, 1.54) is 0 Å². The number of aliphatic hydroxyl groups is 1. The summed E-state index contributed by atoms with van der Waals surface area (Å²) in [5.74, 6) is 2.02. The fourth-order valence-corrected chi connectivity index (χ4v) is 4.96. The summed E-state index contributed by atoms with van der Waals surface area (Å²) in [4.78, 5) is 14.7. The van der Waals surface area contributed by atoms with Gasteiger partial charge in [-0.3, -0.25) is 4.79 Å². The third kappa shape index (κ3) is 1.99. The van der Waals surface area contributed by atoms with Crippen LogP contribution in [0, 0.1) is 11.8 Å². The third-order valence-corrected chi connectivity index (χ3v) is 6.14. The number of nitrogens with zero attached hydrogens (tertiary/aromatic N) is 1. The number of aliphatic hydroxyl groups excluding tert-OH is 1. The minimum absolute atomic E-state index is 0.112. The lowest BCUT2D eigenvalue weighted by Crippen LogP contribution is -2.38. The molecule has 4 heterocycles. The molecular formula is C18H21NO5. The standard InChI is InChI=1S/C18H21NO5/c20-8-12-13-7-19(9-18(13)4-3-14(12)24-18)17(21)6-11-1-2-15-16(5-11)23-10-22-15/h1-2,5,12-14,20H,3-4,6-10H2/t12-,13+,14+,18+/m1/s1. The zero-order valence-electron chi connectivity index (χ0n) is 13.4. The first-order valence-electron chi connectivity index (χ1n) is 8.63. The molecule has 6 heteroatoms. The average molecular weight is 331 g/mol. The quantitative estimate of drug-likeness (QED) is 0.893. The van der Waals surface area contributed by atoms with Gasteiger partial charge in [0.1, 0.15) is 0 Å². The van der Waals surface area contributed by atoms with Gasteiger partial charge in [0, 0.05) is 25.0 Å². The van der Waals surface area contributed by atoms with Crippen molar-refractivity contribution in [3.05, 3.63) is 23.8 Å². The van der Waals surface area contributed by atoms with Crippen LogP contribution in [0.25, 0.3) is 0 Å². The van der Waals surface area contributed by atoms with Crippen LogP contribution in [0.3, 0.4) is 0 Å². The highest BCUT2D eigenvalue weighted by molar-refractivity contribution is 5.79. The number of ether oxygens (including phenoxy) is 3. The van der Waals surface area contributed by atoms with Crippen molar-refractivity contribution in [1.29, 1.82) is 0 Å². The predicted octanol–water partition coefficient (Wildman–Crippen LogP) is 0.956. The Bertz CT molecular complexity index is 692. The Kier molecular flexibility index (Phi) is 3.09. The molecule has 1 N–H and O–H groups in total. The minimum atomic E-state index is -0.206. The van der Waals surface area contributed by atoms with Crippen molar-refractivity contribution in [3.63, 3.8) is 0 Å². The van der Waals surface area contributed by atoms with Gasteiger partial charge in [-0.1, -0.05) is 6.07 Å². The number of carbonyl (C=O) groups is 1. The summed E-state index contributed by atoms with van der Waals surface area (Å²) in [7, 11) is 0. The van der Waals surface area contributed by atoms with Gasteiger partial charge in [0.05, 0.1) is 24.7 Å². The Hall–Kier alpha value is -1.79.